The number of rotatable bonds is 6. The van der Waals surface area contributed by atoms with Crippen LogP contribution in [0, 0.1) is 0 Å². The maximum absolute atomic E-state index is 11.8. The van der Waals surface area contributed by atoms with Crippen LogP contribution >= 0.6 is 0 Å². The van der Waals surface area contributed by atoms with Crippen molar-refractivity contribution < 1.29 is 28.5 Å². The van der Waals surface area contributed by atoms with Crippen molar-refractivity contribution in [2.75, 3.05) is 20.3 Å². The maximum Gasteiger partial charge on any atom is 0.344 e. The topological polar surface area (TPSA) is 71.1 Å². The second-order valence-corrected chi connectivity index (χ2v) is 7.65. The molecule has 1 aromatic rings. The third kappa shape index (κ3) is 7.45. The van der Waals surface area contributed by atoms with Gasteiger partial charge in [-0.05, 0) is 37.8 Å². The first-order chi connectivity index (χ1) is 11.4. The van der Waals surface area contributed by atoms with Gasteiger partial charge in [0, 0.05) is 6.07 Å². The van der Waals surface area contributed by atoms with Crippen molar-refractivity contribution in [1.29, 1.82) is 0 Å². The van der Waals surface area contributed by atoms with Gasteiger partial charge in [-0.25, -0.2) is 9.59 Å². The van der Waals surface area contributed by atoms with E-state index in [0.717, 1.165) is 5.56 Å². The number of carbonyl (C=O) groups is 2. The molecular formula is C19H28O6. The number of benzene rings is 1. The molecule has 0 atom stereocenters. The molecule has 0 fully saturated rings. The Hall–Kier alpha value is -2.24. The van der Waals surface area contributed by atoms with E-state index in [2.05, 4.69) is 4.74 Å². The number of methoxy groups -OCH3 is 1. The van der Waals surface area contributed by atoms with Crippen molar-refractivity contribution in [1.82, 2.24) is 0 Å². The molecule has 0 amide bonds. The first kappa shape index (κ1) is 20.8. The third-order valence-electron chi connectivity index (χ3n) is 3.11. The fraction of sp³-hybridized carbons (Fsp3) is 0.579. The van der Waals surface area contributed by atoms with Crippen molar-refractivity contribution in [3.63, 3.8) is 0 Å². The number of ether oxygens (including phenoxy) is 4. The lowest BCUT2D eigenvalue weighted by Gasteiger charge is -2.23. The van der Waals surface area contributed by atoms with Gasteiger partial charge in [0.25, 0.3) is 0 Å². The Morgan fingerprint density at radius 3 is 2.04 bits per heavy atom. The van der Waals surface area contributed by atoms with E-state index < -0.39 is 17.5 Å². The lowest BCUT2D eigenvalue weighted by atomic mass is 9.86. The summed E-state index contributed by atoms with van der Waals surface area (Å²) in [6.07, 6.45) is 0. The van der Waals surface area contributed by atoms with Gasteiger partial charge < -0.3 is 18.9 Å². The van der Waals surface area contributed by atoms with Gasteiger partial charge in [-0.15, -0.1) is 0 Å². The molecule has 25 heavy (non-hydrogen) atoms. The van der Waals surface area contributed by atoms with Crippen molar-refractivity contribution in [2.45, 2.75) is 52.6 Å². The molecule has 0 unspecified atom stereocenters. The highest BCUT2D eigenvalue weighted by atomic mass is 16.6. The maximum atomic E-state index is 11.8. The summed E-state index contributed by atoms with van der Waals surface area (Å²) in [6.45, 7) is 11.1. The molecule has 0 spiro atoms. The molecule has 0 aromatic heterocycles. The quantitative estimate of drug-likeness (QED) is 0.732. The van der Waals surface area contributed by atoms with Gasteiger partial charge in [-0.2, -0.15) is 0 Å². The normalized spacial score (nSPS) is 11.6. The summed E-state index contributed by atoms with van der Waals surface area (Å²) in [6, 6.07) is 5.28. The largest absolute Gasteiger partial charge is 0.482 e. The average molecular weight is 352 g/mol. The van der Waals surface area contributed by atoms with E-state index in [-0.39, 0.29) is 18.6 Å². The van der Waals surface area contributed by atoms with Crippen LogP contribution in [0.25, 0.3) is 0 Å². The Bertz CT molecular complexity index is 607. The van der Waals surface area contributed by atoms with Gasteiger partial charge in [0.2, 0.25) is 0 Å². The molecule has 0 saturated heterocycles. The molecule has 0 heterocycles. The zero-order valence-corrected chi connectivity index (χ0v) is 16.1. The first-order valence-electron chi connectivity index (χ1n) is 8.11. The number of hydrogen-bond donors (Lipinski definition) is 0. The van der Waals surface area contributed by atoms with E-state index >= 15 is 0 Å². The van der Waals surface area contributed by atoms with E-state index in [1.165, 1.54) is 7.11 Å². The van der Waals surface area contributed by atoms with Crippen molar-refractivity contribution in [2.24, 2.45) is 0 Å². The Balaban J connectivity index is 2.88. The van der Waals surface area contributed by atoms with Crippen molar-refractivity contribution in [3.05, 3.63) is 23.8 Å². The highest BCUT2D eigenvalue weighted by Gasteiger charge is 2.21. The summed E-state index contributed by atoms with van der Waals surface area (Å²) in [5.41, 5.74) is 0.168. The van der Waals surface area contributed by atoms with Crippen LogP contribution in [0.3, 0.4) is 0 Å². The highest BCUT2D eigenvalue weighted by Crippen LogP contribution is 2.34. The van der Waals surface area contributed by atoms with E-state index in [4.69, 9.17) is 14.2 Å². The summed E-state index contributed by atoms with van der Waals surface area (Å²) in [4.78, 5) is 23.1. The lowest BCUT2D eigenvalue weighted by Crippen LogP contribution is -2.27. The molecule has 0 bridgehead atoms. The van der Waals surface area contributed by atoms with E-state index in [1.807, 2.05) is 26.8 Å². The molecule has 0 saturated carbocycles. The zero-order chi connectivity index (χ0) is 19.3. The van der Waals surface area contributed by atoms with Crippen LogP contribution in [-0.2, 0) is 24.5 Å². The van der Waals surface area contributed by atoms with Crippen LogP contribution in [0.15, 0.2) is 18.2 Å². The molecule has 6 heteroatoms. The van der Waals surface area contributed by atoms with Gasteiger partial charge in [-0.3, -0.25) is 0 Å². The van der Waals surface area contributed by atoms with E-state index in [0.29, 0.717) is 11.5 Å². The van der Waals surface area contributed by atoms with Crippen LogP contribution < -0.4 is 9.47 Å². The van der Waals surface area contributed by atoms with E-state index in [9.17, 15) is 9.59 Å². The fourth-order valence-corrected chi connectivity index (χ4v) is 2.04. The molecule has 0 N–H and O–H groups in total. The Morgan fingerprint density at radius 2 is 1.52 bits per heavy atom. The van der Waals surface area contributed by atoms with Crippen molar-refractivity contribution >= 4 is 11.9 Å². The van der Waals surface area contributed by atoms with Crippen molar-refractivity contribution in [3.8, 4) is 11.5 Å². The van der Waals surface area contributed by atoms with Gasteiger partial charge in [0.05, 0.1) is 7.11 Å². The number of carbonyl (C=O) groups excluding carboxylic acids is 2. The number of hydrogen-bond acceptors (Lipinski definition) is 6. The van der Waals surface area contributed by atoms with Crippen LogP contribution in [0.2, 0.25) is 0 Å². The summed E-state index contributed by atoms with van der Waals surface area (Å²) >= 11 is 0. The lowest BCUT2D eigenvalue weighted by molar-refractivity contribution is -0.157. The Kier molecular flexibility index (Phi) is 6.85. The molecule has 140 valence electrons. The predicted octanol–water partition coefficient (Wildman–Crippen LogP) is 3.26. The van der Waals surface area contributed by atoms with Crippen LogP contribution in [0.4, 0.5) is 0 Å². The predicted molar refractivity (Wildman–Crippen MR) is 94.0 cm³/mol. The smallest absolute Gasteiger partial charge is 0.344 e. The van der Waals surface area contributed by atoms with Gasteiger partial charge in [0.1, 0.15) is 17.1 Å². The second kappa shape index (κ2) is 8.23. The third-order valence-corrected chi connectivity index (χ3v) is 3.11. The van der Waals surface area contributed by atoms with Gasteiger partial charge >= 0.3 is 11.9 Å². The molecular weight excluding hydrogens is 324 g/mol. The molecule has 1 rings (SSSR count). The SMILES string of the molecule is COC(=O)COc1cc(OCC(=O)OC(C)(C)C)ccc1C(C)(C)C. The molecule has 0 aliphatic carbocycles. The fourth-order valence-electron chi connectivity index (χ4n) is 2.04. The summed E-state index contributed by atoms with van der Waals surface area (Å²) in [5, 5.41) is 0. The van der Waals surface area contributed by atoms with Crippen LogP contribution in [0.5, 0.6) is 11.5 Å². The molecule has 0 radical (unpaired) electrons. The summed E-state index contributed by atoms with van der Waals surface area (Å²) in [5.74, 6) is 0.0441. The zero-order valence-electron chi connectivity index (χ0n) is 16.1. The molecule has 6 nitrogen and oxygen atoms in total. The minimum absolute atomic E-state index is 0.185. The highest BCUT2D eigenvalue weighted by molar-refractivity contribution is 5.72. The first-order valence-corrected chi connectivity index (χ1v) is 8.11. The Morgan fingerprint density at radius 1 is 0.920 bits per heavy atom. The molecule has 0 aliphatic rings. The molecule has 1 aromatic carbocycles. The Labute approximate surface area is 149 Å². The van der Waals surface area contributed by atoms with Crippen LogP contribution in [-0.4, -0.2) is 37.9 Å². The minimum Gasteiger partial charge on any atom is -0.482 e. The van der Waals surface area contributed by atoms with Gasteiger partial charge in [0.15, 0.2) is 13.2 Å². The standard InChI is InChI=1S/C19H28O6/c1-18(2,3)14-9-8-13(10-15(14)24-11-16(20)22-7)23-12-17(21)25-19(4,5)6/h8-10H,11-12H2,1-7H3. The van der Waals surface area contributed by atoms with Crippen LogP contribution in [0.1, 0.15) is 47.1 Å². The van der Waals surface area contributed by atoms with Gasteiger partial charge in [-0.1, -0.05) is 26.8 Å². The monoisotopic (exact) mass is 352 g/mol. The summed E-state index contributed by atoms with van der Waals surface area (Å²) < 4.78 is 20.9. The van der Waals surface area contributed by atoms with E-state index in [1.54, 1.807) is 32.9 Å². The minimum atomic E-state index is -0.564. The second-order valence-electron chi connectivity index (χ2n) is 7.65. The average Bonchev–Trinajstić information content (AvgIpc) is 2.47. The number of esters is 2. The summed E-state index contributed by atoms with van der Waals surface area (Å²) in [7, 11) is 1.30. The molecule has 0 aliphatic heterocycles.